The molecule has 0 aliphatic heterocycles. The Kier molecular flexibility index (Phi) is 5.75. The lowest BCUT2D eigenvalue weighted by Gasteiger charge is -2.16. The normalized spacial score (nSPS) is 10.7. The topological polar surface area (TPSA) is 51.2 Å². The van der Waals surface area contributed by atoms with Gasteiger partial charge in [0.2, 0.25) is 0 Å². The van der Waals surface area contributed by atoms with Crippen LogP contribution in [0, 0.1) is 0 Å². The Morgan fingerprint density at radius 3 is 2.33 bits per heavy atom. The zero-order valence-electron chi connectivity index (χ0n) is 17.2. The first kappa shape index (κ1) is 19.6. The van der Waals surface area contributed by atoms with Crippen LogP contribution < -0.4 is 10.1 Å². The lowest BCUT2D eigenvalue weighted by Crippen LogP contribution is -2.25. The Morgan fingerprint density at radius 1 is 0.933 bits per heavy atom. The van der Waals surface area contributed by atoms with Gasteiger partial charge in [-0.3, -0.25) is 4.79 Å². The largest absolute Gasteiger partial charge is 0.497 e. The summed E-state index contributed by atoms with van der Waals surface area (Å²) in [4.78, 5) is 18.3. The van der Waals surface area contributed by atoms with Crippen LogP contribution in [0.2, 0.25) is 0 Å². The van der Waals surface area contributed by atoms with Crippen LogP contribution in [0.4, 0.5) is 0 Å². The predicted molar refractivity (Wildman–Crippen MR) is 121 cm³/mol. The SMILES string of the molecule is CCc1c(-c2ccccc2)nc2ccccc2c1C(=O)NCc1ccc(OC)cc1. The van der Waals surface area contributed by atoms with E-state index < -0.39 is 0 Å². The molecule has 0 spiro atoms. The molecule has 0 fully saturated rings. The van der Waals surface area contributed by atoms with E-state index >= 15 is 0 Å². The molecule has 1 amide bonds. The van der Waals surface area contributed by atoms with E-state index in [1.54, 1.807) is 7.11 Å². The van der Waals surface area contributed by atoms with Gasteiger partial charge in [-0.1, -0.05) is 67.6 Å². The smallest absolute Gasteiger partial charge is 0.252 e. The highest BCUT2D eigenvalue weighted by molar-refractivity contribution is 6.09. The minimum Gasteiger partial charge on any atom is -0.497 e. The maximum absolute atomic E-state index is 13.4. The molecule has 0 unspecified atom stereocenters. The maximum Gasteiger partial charge on any atom is 0.252 e. The van der Waals surface area contributed by atoms with Crippen LogP contribution in [0.3, 0.4) is 0 Å². The molecule has 0 aliphatic rings. The van der Waals surface area contributed by atoms with Crippen molar-refractivity contribution >= 4 is 16.8 Å². The van der Waals surface area contributed by atoms with Gasteiger partial charge in [-0.25, -0.2) is 4.98 Å². The second-order valence-electron chi connectivity index (χ2n) is 7.08. The molecule has 1 N–H and O–H groups in total. The first-order valence-corrected chi connectivity index (χ1v) is 10.1. The number of aromatic nitrogens is 1. The van der Waals surface area contributed by atoms with Crippen LogP contribution in [0.15, 0.2) is 78.9 Å². The number of methoxy groups -OCH3 is 1. The van der Waals surface area contributed by atoms with Crippen LogP contribution >= 0.6 is 0 Å². The number of rotatable bonds is 6. The van der Waals surface area contributed by atoms with Crippen molar-refractivity contribution in [1.29, 1.82) is 0 Å². The second-order valence-corrected chi connectivity index (χ2v) is 7.08. The fourth-order valence-corrected chi connectivity index (χ4v) is 3.70. The fourth-order valence-electron chi connectivity index (χ4n) is 3.70. The lowest BCUT2D eigenvalue weighted by atomic mass is 9.94. The van der Waals surface area contributed by atoms with Crippen molar-refractivity contribution < 1.29 is 9.53 Å². The summed E-state index contributed by atoms with van der Waals surface area (Å²) >= 11 is 0. The van der Waals surface area contributed by atoms with Crippen LogP contribution in [-0.2, 0) is 13.0 Å². The fraction of sp³-hybridized carbons (Fsp3) is 0.154. The van der Waals surface area contributed by atoms with E-state index in [0.717, 1.165) is 39.0 Å². The maximum atomic E-state index is 13.4. The molecule has 4 heteroatoms. The highest BCUT2D eigenvalue weighted by Crippen LogP contribution is 2.30. The third-order valence-corrected chi connectivity index (χ3v) is 5.23. The minimum absolute atomic E-state index is 0.0848. The van der Waals surface area contributed by atoms with Crippen molar-refractivity contribution in [3.63, 3.8) is 0 Å². The number of pyridine rings is 1. The van der Waals surface area contributed by atoms with Gasteiger partial charge in [-0.2, -0.15) is 0 Å². The number of nitrogens with one attached hydrogen (secondary N) is 1. The average Bonchev–Trinajstić information content (AvgIpc) is 2.82. The third kappa shape index (κ3) is 3.90. The number of carbonyl (C=O) groups is 1. The highest BCUT2D eigenvalue weighted by Gasteiger charge is 2.20. The number of carbonyl (C=O) groups excluding carboxylic acids is 1. The molecule has 150 valence electrons. The summed E-state index contributed by atoms with van der Waals surface area (Å²) in [5, 5.41) is 3.97. The first-order chi connectivity index (χ1) is 14.7. The number of nitrogens with zero attached hydrogens (tertiary/aromatic N) is 1. The Bertz CT molecular complexity index is 1170. The summed E-state index contributed by atoms with van der Waals surface area (Å²) in [6.45, 7) is 2.52. The molecule has 1 heterocycles. The van der Waals surface area contributed by atoms with Gasteiger partial charge in [0.25, 0.3) is 5.91 Å². The first-order valence-electron chi connectivity index (χ1n) is 10.1. The van der Waals surface area contributed by atoms with E-state index in [1.165, 1.54) is 0 Å². The van der Waals surface area contributed by atoms with Crippen molar-refractivity contribution in [2.45, 2.75) is 19.9 Å². The number of hydrogen-bond donors (Lipinski definition) is 1. The zero-order chi connectivity index (χ0) is 20.9. The quantitative estimate of drug-likeness (QED) is 0.475. The molecular weight excluding hydrogens is 372 g/mol. The molecule has 4 aromatic rings. The number of benzene rings is 3. The van der Waals surface area contributed by atoms with E-state index in [0.29, 0.717) is 18.5 Å². The molecule has 0 atom stereocenters. The molecule has 3 aromatic carbocycles. The van der Waals surface area contributed by atoms with Crippen LogP contribution in [0.1, 0.15) is 28.4 Å². The summed E-state index contributed by atoms with van der Waals surface area (Å²) in [6.07, 6.45) is 0.716. The molecule has 0 bridgehead atoms. The van der Waals surface area contributed by atoms with Crippen molar-refractivity contribution in [1.82, 2.24) is 10.3 Å². The number of hydrogen-bond acceptors (Lipinski definition) is 3. The van der Waals surface area contributed by atoms with E-state index in [2.05, 4.69) is 12.2 Å². The second kappa shape index (κ2) is 8.78. The Morgan fingerprint density at radius 2 is 1.63 bits per heavy atom. The van der Waals surface area contributed by atoms with Gasteiger partial charge in [-0.15, -0.1) is 0 Å². The molecule has 0 radical (unpaired) electrons. The van der Waals surface area contributed by atoms with Crippen molar-refractivity contribution in [3.8, 4) is 17.0 Å². The molecule has 0 saturated carbocycles. The predicted octanol–water partition coefficient (Wildman–Crippen LogP) is 5.40. The minimum atomic E-state index is -0.0848. The van der Waals surface area contributed by atoms with E-state index in [4.69, 9.17) is 9.72 Å². The van der Waals surface area contributed by atoms with E-state index in [-0.39, 0.29) is 5.91 Å². The highest BCUT2D eigenvalue weighted by atomic mass is 16.5. The molecule has 4 nitrogen and oxygen atoms in total. The number of ether oxygens (including phenoxy) is 1. The van der Waals surface area contributed by atoms with Gasteiger partial charge in [0, 0.05) is 17.5 Å². The summed E-state index contributed by atoms with van der Waals surface area (Å²) in [7, 11) is 1.64. The molecule has 0 aliphatic carbocycles. The van der Waals surface area contributed by atoms with E-state index in [9.17, 15) is 4.79 Å². The van der Waals surface area contributed by atoms with Crippen molar-refractivity contribution in [2.75, 3.05) is 7.11 Å². The molecule has 4 rings (SSSR count). The molecule has 0 saturated heterocycles. The van der Waals surface area contributed by atoms with Gasteiger partial charge in [0.15, 0.2) is 0 Å². The Hall–Kier alpha value is -3.66. The zero-order valence-corrected chi connectivity index (χ0v) is 17.2. The molecule has 30 heavy (non-hydrogen) atoms. The molecular formula is C26H24N2O2. The summed E-state index contributed by atoms with van der Waals surface area (Å²) < 4.78 is 5.20. The third-order valence-electron chi connectivity index (χ3n) is 5.23. The van der Waals surface area contributed by atoms with Crippen molar-refractivity contribution in [3.05, 3.63) is 95.6 Å². The number of fused-ring (bicyclic) bond motifs is 1. The Balaban J connectivity index is 1.75. The van der Waals surface area contributed by atoms with Gasteiger partial charge < -0.3 is 10.1 Å². The van der Waals surface area contributed by atoms with Crippen LogP contribution in [-0.4, -0.2) is 18.0 Å². The summed E-state index contributed by atoms with van der Waals surface area (Å²) in [5.74, 6) is 0.712. The van der Waals surface area contributed by atoms with Crippen LogP contribution in [0.5, 0.6) is 5.75 Å². The number of para-hydroxylation sites is 1. The number of amides is 1. The van der Waals surface area contributed by atoms with Gasteiger partial charge >= 0.3 is 0 Å². The summed E-state index contributed by atoms with van der Waals surface area (Å²) in [5.41, 5.74) is 5.39. The van der Waals surface area contributed by atoms with Crippen LogP contribution in [0.25, 0.3) is 22.2 Å². The van der Waals surface area contributed by atoms with Gasteiger partial charge in [0.05, 0.1) is 23.9 Å². The van der Waals surface area contributed by atoms with Gasteiger partial charge in [-0.05, 0) is 35.7 Å². The summed E-state index contributed by atoms with van der Waals surface area (Å²) in [6, 6.07) is 25.6. The van der Waals surface area contributed by atoms with Crippen molar-refractivity contribution in [2.24, 2.45) is 0 Å². The molecule has 1 aromatic heterocycles. The monoisotopic (exact) mass is 396 g/mol. The Labute approximate surface area is 176 Å². The standard InChI is InChI=1S/C26H24N2O2/c1-3-21-24(26(29)27-17-18-13-15-20(30-2)16-14-18)22-11-7-8-12-23(22)28-25(21)19-9-5-4-6-10-19/h4-16H,3,17H2,1-2H3,(H,27,29). The van der Waals surface area contributed by atoms with E-state index in [1.807, 2.05) is 78.9 Å². The van der Waals surface area contributed by atoms with Gasteiger partial charge in [0.1, 0.15) is 5.75 Å². The average molecular weight is 396 g/mol. The lowest BCUT2D eigenvalue weighted by molar-refractivity contribution is 0.0951.